The highest BCUT2D eigenvalue weighted by molar-refractivity contribution is 5.80. The normalized spacial score (nSPS) is 19.1. The third kappa shape index (κ3) is 4.65. The number of hydrogen-bond donors (Lipinski definition) is 2. The molecule has 1 unspecified atom stereocenters. The predicted octanol–water partition coefficient (Wildman–Crippen LogP) is 1.68. The van der Waals surface area contributed by atoms with Gasteiger partial charge in [-0.3, -0.25) is 4.79 Å². The first-order chi connectivity index (χ1) is 7.24. The van der Waals surface area contributed by atoms with E-state index in [0.717, 1.165) is 12.5 Å². The summed E-state index contributed by atoms with van der Waals surface area (Å²) < 4.78 is 0. The van der Waals surface area contributed by atoms with Gasteiger partial charge in [-0.2, -0.15) is 0 Å². The zero-order chi connectivity index (χ0) is 11.1. The van der Waals surface area contributed by atoms with E-state index in [1.54, 1.807) is 7.05 Å². The maximum absolute atomic E-state index is 11.2. The molecule has 1 amide bonds. The largest absolute Gasteiger partial charge is 0.358 e. The second-order valence-electron chi connectivity index (χ2n) is 4.58. The van der Waals surface area contributed by atoms with Crippen LogP contribution < -0.4 is 10.6 Å². The molecule has 0 saturated heterocycles. The van der Waals surface area contributed by atoms with Crippen LogP contribution in [0.15, 0.2) is 0 Å². The summed E-state index contributed by atoms with van der Waals surface area (Å²) in [6.45, 7) is 2.87. The Morgan fingerprint density at radius 3 is 2.67 bits per heavy atom. The van der Waals surface area contributed by atoms with E-state index < -0.39 is 0 Å². The monoisotopic (exact) mass is 212 g/mol. The van der Waals surface area contributed by atoms with E-state index in [4.69, 9.17) is 0 Å². The van der Waals surface area contributed by atoms with Crippen LogP contribution in [-0.2, 0) is 4.79 Å². The van der Waals surface area contributed by atoms with E-state index >= 15 is 0 Å². The van der Waals surface area contributed by atoms with Crippen molar-refractivity contribution < 1.29 is 4.79 Å². The van der Waals surface area contributed by atoms with Crippen molar-refractivity contribution in [1.29, 1.82) is 0 Å². The van der Waals surface area contributed by atoms with Crippen molar-refractivity contribution in [2.75, 3.05) is 13.6 Å². The Balaban J connectivity index is 1.98. The number of likely N-dealkylation sites (N-methyl/N-ethyl adjacent to an activating group) is 1. The number of rotatable bonds is 6. The number of amides is 1. The summed E-state index contributed by atoms with van der Waals surface area (Å²) in [6, 6.07) is -0.0569. The van der Waals surface area contributed by atoms with Gasteiger partial charge >= 0.3 is 0 Å². The van der Waals surface area contributed by atoms with Gasteiger partial charge in [0.2, 0.25) is 5.91 Å². The van der Waals surface area contributed by atoms with E-state index in [9.17, 15) is 4.79 Å². The van der Waals surface area contributed by atoms with Gasteiger partial charge in [0.15, 0.2) is 0 Å². The van der Waals surface area contributed by atoms with Crippen LogP contribution >= 0.6 is 0 Å². The first kappa shape index (κ1) is 12.5. The Bertz CT molecular complexity index is 188. The standard InChI is InChI=1S/C12H24N2O/c1-10(12(15)13-2)14-9-5-8-11-6-3-4-7-11/h10-11,14H,3-9H2,1-2H3,(H,13,15). The molecule has 0 bridgehead atoms. The Morgan fingerprint density at radius 1 is 1.40 bits per heavy atom. The Hall–Kier alpha value is -0.570. The zero-order valence-electron chi connectivity index (χ0n) is 10.0. The maximum Gasteiger partial charge on any atom is 0.236 e. The van der Waals surface area contributed by atoms with Crippen LogP contribution in [0.5, 0.6) is 0 Å². The van der Waals surface area contributed by atoms with Gasteiger partial charge in [-0.25, -0.2) is 0 Å². The van der Waals surface area contributed by atoms with Crippen molar-refractivity contribution in [3.63, 3.8) is 0 Å². The number of carbonyl (C=O) groups is 1. The molecule has 1 fully saturated rings. The molecule has 2 N–H and O–H groups in total. The molecule has 0 aromatic carbocycles. The molecule has 15 heavy (non-hydrogen) atoms. The molecular formula is C12H24N2O. The lowest BCUT2D eigenvalue weighted by molar-refractivity contribution is -0.122. The summed E-state index contributed by atoms with van der Waals surface area (Å²) in [6.07, 6.45) is 8.22. The number of nitrogens with one attached hydrogen (secondary N) is 2. The average molecular weight is 212 g/mol. The summed E-state index contributed by atoms with van der Waals surface area (Å²) >= 11 is 0. The molecule has 1 aliphatic carbocycles. The van der Waals surface area contributed by atoms with Gasteiger partial charge in [0, 0.05) is 7.05 Å². The van der Waals surface area contributed by atoms with Gasteiger partial charge < -0.3 is 10.6 Å². The van der Waals surface area contributed by atoms with Gasteiger partial charge in [-0.1, -0.05) is 25.7 Å². The minimum atomic E-state index is -0.0569. The summed E-state index contributed by atoms with van der Waals surface area (Å²) in [5, 5.41) is 5.89. The van der Waals surface area contributed by atoms with Crippen molar-refractivity contribution >= 4 is 5.91 Å². The molecule has 3 nitrogen and oxygen atoms in total. The van der Waals surface area contributed by atoms with Crippen LogP contribution in [0, 0.1) is 5.92 Å². The number of hydrogen-bond acceptors (Lipinski definition) is 2. The highest BCUT2D eigenvalue weighted by Crippen LogP contribution is 2.28. The summed E-state index contributed by atoms with van der Waals surface area (Å²) in [5.41, 5.74) is 0. The molecule has 1 saturated carbocycles. The molecule has 0 aromatic heterocycles. The second-order valence-corrected chi connectivity index (χ2v) is 4.58. The van der Waals surface area contributed by atoms with Crippen molar-refractivity contribution in [2.45, 2.75) is 51.5 Å². The van der Waals surface area contributed by atoms with E-state index in [1.807, 2.05) is 6.92 Å². The van der Waals surface area contributed by atoms with Crippen LogP contribution in [0.3, 0.4) is 0 Å². The molecule has 1 atom stereocenters. The van der Waals surface area contributed by atoms with Crippen molar-refractivity contribution in [3.8, 4) is 0 Å². The maximum atomic E-state index is 11.2. The van der Waals surface area contributed by atoms with E-state index in [-0.39, 0.29) is 11.9 Å². The highest BCUT2D eigenvalue weighted by atomic mass is 16.2. The third-order valence-corrected chi connectivity index (χ3v) is 3.35. The van der Waals surface area contributed by atoms with Crippen molar-refractivity contribution in [3.05, 3.63) is 0 Å². The molecular weight excluding hydrogens is 188 g/mol. The first-order valence-corrected chi connectivity index (χ1v) is 6.19. The lowest BCUT2D eigenvalue weighted by Gasteiger charge is -2.13. The molecule has 0 heterocycles. The van der Waals surface area contributed by atoms with Crippen LogP contribution in [0.4, 0.5) is 0 Å². The molecule has 0 spiro atoms. The lowest BCUT2D eigenvalue weighted by atomic mass is 10.0. The molecule has 1 rings (SSSR count). The van der Waals surface area contributed by atoms with Crippen molar-refractivity contribution in [1.82, 2.24) is 10.6 Å². The Labute approximate surface area is 93.0 Å². The smallest absolute Gasteiger partial charge is 0.236 e. The SMILES string of the molecule is CNC(=O)C(C)NCCCC1CCCC1. The minimum absolute atomic E-state index is 0.0569. The molecule has 0 radical (unpaired) electrons. The average Bonchev–Trinajstić information content (AvgIpc) is 2.75. The summed E-state index contributed by atoms with van der Waals surface area (Å²) in [5.74, 6) is 1.04. The molecule has 0 aromatic rings. The number of carbonyl (C=O) groups excluding carboxylic acids is 1. The minimum Gasteiger partial charge on any atom is -0.358 e. The quantitative estimate of drug-likeness (QED) is 0.658. The predicted molar refractivity (Wildman–Crippen MR) is 62.7 cm³/mol. The van der Waals surface area contributed by atoms with Crippen LogP contribution in [0.2, 0.25) is 0 Å². The molecule has 0 aliphatic heterocycles. The lowest BCUT2D eigenvalue weighted by Crippen LogP contribution is -2.40. The fourth-order valence-electron chi connectivity index (χ4n) is 2.32. The summed E-state index contributed by atoms with van der Waals surface area (Å²) in [4.78, 5) is 11.2. The van der Waals surface area contributed by atoms with E-state index in [0.29, 0.717) is 0 Å². The van der Waals surface area contributed by atoms with Gasteiger partial charge in [0.1, 0.15) is 0 Å². The van der Waals surface area contributed by atoms with Gasteiger partial charge in [0.05, 0.1) is 6.04 Å². The topological polar surface area (TPSA) is 41.1 Å². The van der Waals surface area contributed by atoms with Gasteiger partial charge in [0.25, 0.3) is 0 Å². The molecule has 88 valence electrons. The highest BCUT2D eigenvalue weighted by Gasteiger charge is 2.14. The van der Waals surface area contributed by atoms with E-state index in [1.165, 1.54) is 38.5 Å². The fourth-order valence-corrected chi connectivity index (χ4v) is 2.32. The third-order valence-electron chi connectivity index (χ3n) is 3.35. The van der Waals surface area contributed by atoms with Crippen LogP contribution in [0.25, 0.3) is 0 Å². The fraction of sp³-hybridized carbons (Fsp3) is 0.917. The van der Waals surface area contributed by atoms with E-state index in [2.05, 4.69) is 10.6 Å². The first-order valence-electron chi connectivity index (χ1n) is 6.19. The van der Waals surface area contributed by atoms with Crippen LogP contribution in [0.1, 0.15) is 45.4 Å². The van der Waals surface area contributed by atoms with Crippen molar-refractivity contribution in [2.24, 2.45) is 5.92 Å². The molecule has 1 aliphatic rings. The zero-order valence-corrected chi connectivity index (χ0v) is 10.0. The van der Waals surface area contributed by atoms with Crippen LogP contribution in [-0.4, -0.2) is 25.5 Å². The van der Waals surface area contributed by atoms with Gasteiger partial charge in [-0.05, 0) is 32.2 Å². The molecule has 3 heteroatoms. The Morgan fingerprint density at radius 2 is 2.07 bits per heavy atom. The Kier molecular flexibility index (Phi) is 5.69. The van der Waals surface area contributed by atoms with Gasteiger partial charge in [-0.15, -0.1) is 0 Å². The second kappa shape index (κ2) is 6.83. The summed E-state index contributed by atoms with van der Waals surface area (Å²) in [7, 11) is 1.68.